The van der Waals surface area contributed by atoms with Crippen LogP contribution in [0.25, 0.3) is 17.3 Å². The van der Waals surface area contributed by atoms with Crippen molar-refractivity contribution in [3.05, 3.63) is 71.0 Å². The van der Waals surface area contributed by atoms with E-state index in [9.17, 15) is 13.2 Å². The number of carbonyl (C=O) groups excluding carboxylic acids is 1. The summed E-state index contributed by atoms with van der Waals surface area (Å²) in [4.78, 5) is 12.5. The summed E-state index contributed by atoms with van der Waals surface area (Å²) in [6, 6.07) is 14.0. The number of aromatic nitrogens is 2. The van der Waals surface area contributed by atoms with Crippen LogP contribution in [0.2, 0.25) is 0 Å². The second-order valence-corrected chi connectivity index (χ2v) is 8.16. The number of para-hydroxylation sites is 1. The first-order chi connectivity index (χ1) is 13.3. The lowest BCUT2D eigenvalue weighted by Crippen LogP contribution is -2.12. The predicted octanol–water partition coefficient (Wildman–Crippen LogP) is 2.63. The number of hydrogen-bond acceptors (Lipinski definition) is 4. The van der Waals surface area contributed by atoms with Gasteiger partial charge in [0.2, 0.25) is 10.0 Å². The topological polar surface area (TPSA) is 107 Å². The van der Waals surface area contributed by atoms with Gasteiger partial charge in [0.25, 0.3) is 5.91 Å². The SMILES string of the molecule is Cc1nn(-c2ccccc2)c(C)c1C=C1C(=O)Nc2ccc(S(N)(=O)=O)cc21. The average molecular weight is 394 g/mol. The zero-order chi connectivity index (χ0) is 20.1. The molecule has 0 saturated heterocycles. The fourth-order valence-electron chi connectivity index (χ4n) is 3.32. The molecule has 0 aliphatic carbocycles. The number of nitrogens with two attached hydrogens (primary N) is 1. The number of anilines is 1. The summed E-state index contributed by atoms with van der Waals surface area (Å²) in [5.74, 6) is -0.298. The number of aryl methyl sites for hydroxylation is 1. The number of hydrogen-bond donors (Lipinski definition) is 2. The van der Waals surface area contributed by atoms with E-state index >= 15 is 0 Å². The standard InChI is InChI=1S/C20H18N4O3S/c1-12-16(13(2)24(23-12)14-6-4-3-5-7-14)11-18-17-10-15(28(21,26)27)8-9-19(17)22-20(18)25/h3-11H,1-2H3,(H,22,25)(H2,21,26,27). The molecule has 1 aromatic heterocycles. The number of primary sulfonamides is 1. The molecule has 3 N–H and O–H groups in total. The molecule has 0 saturated carbocycles. The van der Waals surface area contributed by atoms with Crippen molar-refractivity contribution in [2.45, 2.75) is 18.7 Å². The van der Waals surface area contributed by atoms with Crippen molar-refractivity contribution in [2.24, 2.45) is 5.14 Å². The van der Waals surface area contributed by atoms with Gasteiger partial charge in [-0.3, -0.25) is 4.79 Å². The van der Waals surface area contributed by atoms with Crippen LogP contribution >= 0.6 is 0 Å². The van der Waals surface area contributed by atoms with Gasteiger partial charge in [-0.25, -0.2) is 18.2 Å². The fraction of sp³-hybridized carbons (Fsp3) is 0.100. The fourth-order valence-corrected chi connectivity index (χ4v) is 3.86. The molecule has 28 heavy (non-hydrogen) atoms. The van der Waals surface area contributed by atoms with Crippen LogP contribution in [0.3, 0.4) is 0 Å². The smallest absolute Gasteiger partial charge is 0.256 e. The first-order valence-corrected chi connectivity index (χ1v) is 10.1. The molecule has 1 amide bonds. The minimum Gasteiger partial charge on any atom is -0.321 e. The number of nitrogens with zero attached hydrogens (tertiary/aromatic N) is 2. The number of rotatable bonds is 3. The van der Waals surface area contributed by atoms with Crippen molar-refractivity contribution in [2.75, 3.05) is 5.32 Å². The van der Waals surface area contributed by atoms with Gasteiger partial charge in [0.15, 0.2) is 0 Å². The summed E-state index contributed by atoms with van der Waals surface area (Å²) in [5, 5.41) is 12.6. The minimum absolute atomic E-state index is 0.0397. The molecule has 0 bridgehead atoms. The number of nitrogens with one attached hydrogen (secondary N) is 1. The second kappa shape index (κ2) is 6.43. The highest BCUT2D eigenvalue weighted by Crippen LogP contribution is 2.35. The molecule has 3 aromatic rings. The summed E-state index contributed by atoms with van der Waals surface area (Å²) in [6.45, 7) is 3.79. The minimum atomic E-state index is -3.87. The van der Waals surface area contributed by atoms with E-state index in [1.165, 1.54) is 12.1 Å². The van der Waals surface area contributed by atoms with E-state index < -0.39 is 10.0 Å². The van der Waals surface area contributed by atoms with Crippen LogP contribution in [0.1, 0.15) is 22.5 Å². The number of benzene rings is 2. The Kier molecular flexibility index (Phi) is 4.17. The van der Waals surface area contributed by atoms with Crippen molar-refractivity contribution < 1.29 is 13.2 Å². The summed E-state index contributed by atoms with van der Waals surface area (Å²) in [6.07, 6.45) is 1.74. The van der Waals surface area contributed by atoms with Gasteiger partial charge >= 0.3 is 0 Å². The maximum absolute atomic E-state index is 12.5. The lowest BCUT2D eigenvalue weighted by molar-refractivity contribution is -0.110. The van der Waals surface area contributed by atoms with Crippen LogP contribution in [-0.2, 0) is 14.8 Å². The van der Waals surface area contributed by atoms with Crippen LogP contribution in [-0.4, -0.2) is 24.1 Å². The normalized spacial score (nSPS) is 15.0. The van der Waals surface area contributed by atoms with Gasteiger partial charge in [-0.1, -0.05) is 18.2 Å². The number of amides is 1. The van der Waals surface area contributed by atoms with Crippen molar-refractivity contribution >= 4 is 33.3 Å². The Morgan fingerprint density at radius 2 is 1.82 bits per heavy atom. The van der Waals surface area contributed by atoms with Crippen LogP contribution in [0.5, 0.6) is 0 Å². The lowest BCUT2D eigenvalue weighted by atomic mass is 10.0. The molecule has 1 aliphatic rings. The van der Waals surface area contributed by atoms with E-state index in [0.29, 0.717) is 16.8 Å². The molecule has 8 heteroatoms. The van der Waals surface area contributed by atoms with Crippen molar-refractivity contribution in [3.8, 4) is 5.69 Å². The first-order valence-electron chi connectivity index (χ1n) is 8.57. The van der Waals surface area contributed by atoms with Gasteiger partial charge in [0.05, 0.1) is 16.3 Å². The van der Waals surface area contributed by atoms with Crippen LogP contribution in [0, 0.1) is 13.8 Å². The maximum atomic E-state index is 12.5. The third-order valence-corrected chi connectivity index (χ3v) is 5.65. The molecule has 0 unspecified atom stereocenters. The first kappa shape index (κ1) is 18.1. The number of fused-ring (bicyclic) bond motifs is 1. The Hall–Kier alpha value is -3.23. The monoisotopic (exact) mass is 394 g/mol. The number of sulfonamides is 1. The molecular formula is C20H18N4O3S. The average Bonchev–Trinajstić information content (AvgIpc) is 3.12. The van der Waals surface area contributed by atoms with Crippen molar-refractivity contribution in [1.29, 1.82) is 0 Å². The van der Waals surface area contributed by atoms with E-state index in [0.717, 1.165) is 22.6 Å². The third kappa shape index (κ3) is 3.02. The molecule has 0 fully saturated rings. The van der Waals surface area contributed by atoms with E-state index in [1.807, 2.05) is 48.9 Å². The van der Waals surface area contributed by atoms with Gasteiger partial charge in [0.1, 0.15) is 0 Å². The third-order valence-electron chi connectivity index (χ3n) is 4.74. The summed E-state index contributed by atoms with van der Waals surface area (Å²) < 4.78 is 25.2. The predicted molar refractivity (Wildman–Crippen MR) is 107 cm³/mol. The van der Waals surface area contributed by atoms with Gasteiger partial charge in [0, 0.05) is 28.1 Å². The molecule has 2 heterocycles. The van der Waals surface area contributed by atoms with Gasteiger partial charge < -0.3 is 5.32 Å². The quantitative estimate of drug-likeness (QED) is 0.666. The van der Waals surface area contributed by atoms with E-state index in [-0.39, 0.29) is 10.8 Å². The summed E-state index contributed by atoms with van der Waals surface area (Å²) in [5.41, 5.74) is 4.79. The van der Waals surface area contributed by atoms with Crippen LogP contribution < -0.4 is 10.5 Å². The zero-order valence-electron chi connectivity index (χ0n) is 15.3. The van der Waals surface area contributed by atoms with Gasteiger partial charge in [-0.15, -0.1) is 0 Å². The van der Waals surface area contributed by atoms with Crippen LogP contribution in [0.15, 0.2) is 53.4 Å². The molecule has 0 spiro atoms. The molecule has 0 atom stereocenters. The van der Waals surface area contributed by atoms with Gasteiger partial charge in [-0.2, -0.15) is 5.10 Å². The molecule has 142 valence electrons. The molecule has 4 rings (SSSR count). The maximum Gasteiger partial charge on any atom is 0.256 e. The molecule has 1 aliphatic heterocycles. The molecule has 7 nitrogen and oxygen atoms in total. The Balaban J connectivity index is 1.86. The number of carbonyl (C=O) groups is 1. The highest BCUT2D eigenvalue weighted by molar-refractivity contribution is 7.89. The van der Waals surface area contributed by atoms with Crippen molar-refractivity contribution in [3.63, 3.8) is 0 Å². The van der Waals surface area contributed by atoms with Crippen LogP contribution in [0.4, 0.5) is 5.69 Å². The zero-order valence-corrected chi connectivity index (χ0v) is 16.1. The Bertz CT molecular complexity index is 1240. The lowest BCUT2D eigenvalue weighted by Gasteiger charge is -2.04. The molecule has 0 radical (unpaired) electrons. The van der Waals surface area contributed by atoms with E-state index in [1.54, 1.807) is 12.1 Å². The highest BCUT2D eigenvalue weighted by Gasteiger charge is 2.27. The molecular weight excluding hydrogens is 376 g/mol. The Labute approximate surface area is 162 Å². The second-order valence-electron chi connectivity index (χ2n) is 6.60. The molecule has 2 aromatic carbocycles. The summed E-state index contributed by atoms with van der Waals surface area (Å²) in [7, 11) is -3.87. The van der Waals surface area contributed by atoms with E-state index in [2.05, 4.69) is 10.4 Å². The largest absolute Gasteiger partial charge is 0.321 e. The highest BCUT2D eigenvalue weighted by atomic mass is 32.2. The van der Waals surface area contributed by atoms with Gasteiger partial charge in [-0.05, 0) is 50.3 Å². The Morgan fingerprint density at radius 1 is 1.11 bits per heavy atom. The summed E-state index contributed by atoms with van der Waals surface area (Å²) >= 11 is 0. The van der Waals surface area contributed by atoms with Crippen molar-refractivity contribution in [1.82, 2.24) is 9.78 Å². The Morgan fingerprint density at radius 3 is 2.50 bits per heavy atom. The van der Waals surface area contributed by atoms with E-state index in [4.69, 9.17) is 5.14 Å².